The number of nitrogens with one attached hydrogen (secondary N) is 3. The lowest BCUT2D eigenvalue weighted by molar-refractivity contribution is -0.124. The Labute approximate surface area is 152 Å². The number of anilines is 1. The van der Waals surface area contributed by atoms with Crippen molar-refractivity contribution in [2.45, 2.75) is 57.2 Å². The number of amides is 1. The summed E-state index contributed by atoms with van der Waals surface area (Å²) in [6.45, 7) is 1.95. The fourth-order valence-electron chi connectivity index (χ4n) is 4.59. The van der Waals surface area contributed by atoms with E-state index in [9.17, 15) is 9.59 Å². The number of hydrogen-bond donors (Lipinski definition) is 4. The number of ketones is 1. The van der Waals surface area contributed by atoms with Gasteiger partial charge in [-0.1, -0.05) is 6.92 Å². The second-order valence-corrected chi connectivity index (χ2v) is 7.51. The molecule has 138 valence electrons. The van der Waals surface area contributed by atoms with E-state index in [4.69, 9.17) is 5.73 Å². The Morgan fingerprint density at radius 2 is 2.00 bits per heavy atom. The number of primary amides is 1. The van der Waals surface area contributed by atoms with Crippen LogP contribution in [0.5, 0.6) is 0 Å². The van der Waals surface area contributed by atoms with Crippen molar-refractivity contribution in [2.24, 2.45) is 11.7 Å². The molecular weight excluding hydrogens is 330 g/mol. The van der Waals surface area contributed by atoms with Crippen molar-refractivity contribution in [3.63, 3.8) is 0 Å². The Bertz CT molecular complexity index is 832. The third kappa shape index (κ3) is 3.07. The molecule has 0 aliphatic carbocycles. The normalized spacial score (nSPS) is 28.0. The van der Waals surface area contributed by atoms with E-state index in [2.05, 4.69) is 20.6 Å². The zero-order valence-corrected chi connectivity index (χ0v) is 14.9. The number of pyridine rings is 1. The number of carbonyl (C=O) groups is 2. The largest absolute Gasteiger partial charge is 0.381 e. The lowest BCUT2D eigenvalue weighted by Crippen LogP contribution is -2.55. The van der Waals surface area contributed by atoms with Crippen LogP contribution in [-0.2, 0) is 4.79 Å². The van der Waals surface area contributed by atoms with E-state index >= 15 is 0 Å². The zero-order valence-electron chi connectivity index (χ0n) is 14.9. The van der Waals surface area contributed by atoms with Gasteiger partial charge in [0, 0.05) is 48.2 Å². The maximum atomic E-state index is 12.1. The highest BCUT2D eigenvalue weighted by molar-refractivity contribution is 6.05. The lowest BCUT2D eigenvalue weighted by Gasteiger charge is -2.43. The highest BCUT2D eigenvalue weighted by atomic mass is 16.1. The van der Waals surface area contributed by atoms with Crippen LogP contribution >= 0.6 is 0 Å². The van der Waals surface area contributed by atoms with Crippen molar-refractivity contribution in [3.05, 3.63) is 24.0 Å². The van der Waals surface area contributed by atoms with E-state index in [1.54, 1.807) is 0 Å². The van der Waals surface area contributed by atoms with Crippen LogP contribution in [0.3, 0.4) is 0 Å². The highest BCUT2D eigenvalue weighted by Gasteiger charge is 2.38. The minimum Gasteiger partial charge on any atom is -0.381 e. The van der Waals surface area contributed by atoms with Crippen LogP contribution in [0.2, 0.25) is 0 Å². The first kappa shape index (κ1) is 17.0. The van der Waals surface area contributed by atoms with Crippen molar-refractivity contribution < 1.29 is 9.59 Å². The van der Waals surface area contributed by atoms with E-state index in [1.807, 2.05) is 19.2 Å². The number of nitrogens with zero attached hydrogens (tertiary/aromatic N) is 1. The fourth-order valence-corrected chi connectivity index (χ4v) is 4.59. The molecule has 7 nitrogen and oxygen atoms in total. The first-order valence-corrected chi connectivity index (χ1v) is 9.36. The van der Waals surface area contributed by atoms with Gasteiger partial charge in [-0.3, -0.25) is 9.59 Å². The smallest absolute Gasteiger partial charge is 0.252 e. The van der Waals surface area contributed by atoms with Gasteiger partial charge in [0.2, 0.25) is 0 Å². The molecule has 2 bridgehead atoms. The molecule has 7 heteroatoms. The Balaban J connectivity index is 1.55. The van der Waals surface area contributed by atoms with Crippen molar-refractivity contribution in [2.75, 3.05) is 5.32 Å². The van der Waals surface area contributed by atoms with Gasteiger partial charge in [0.25, 0.3) is 5.91 Å². The molecular formula is C19H25N5O2. The number of aromatic nitrogens is 2. The maximum absolute atomic E-state index is 12.1. The number of carbonyl (C=O) groups excluding carboxylic acids is 2. The quantitative estimate of drug-likeness (QED) is 0.655. The molecule has 2 saturated heterocycles. The maximum Gasteiger partial charge on any atom is 0.252 e. The SMILES string of the molecule is CCC(=O)C1C[C@H]2CC(Nc3c(C(N)=O)cnc4[nH]ccc34)C[C@@H](C1)N2. The summed E-state index contributed by atoms with van der Waals surface area (Å²) in [4.78, 5) is 31.3. The zero-order chi connectivity index (χ0) is 18.3. The standard InChI is InChI=1S/C19H25N5O2/c1-2-16(25)10-5-11-7-13(8-12(6-10)23-11)24-17-14-3-4-21-19(14)22-9-15(17)18(20)26/h3-4,9-13,23H,2,5-8H2,1H3,(H2,20,26)(H2,21,22,24)/t10?,11-,12+,13?. The minimum absolute atomic E-state index is 0.190. The molecule has 26 heavy (non-hydrogen) atoms. The van der Waals surface area contributed by atoms with Crippen LogP contribution in [0.1, 0.15) is 49.4 Å². The predicted molar refractivity (Wildman–Crippen MR) is 100.0 cm³/mol. The van der Waals surface area contributed by atoms with Crippen molar-refractivity contribution in [1.82, 2.24) is 15.3 Å². The molecule has 2 aliphatic rings. The van der Waals surface area contributed by atoms with Gasteiger partial charge in [-0.2, -0.15) is 0 Å². The van der Waals surface area contributed by atoms with Gasteiger partial charge in [0.05, 0.1) is 11.3 Å². The van der Waals surface area contributed by atoms with Gasteiger partial charge in [-0.15, -0.1) is 0 Å². The number of aromatic amines is 1. The number of H-pyrrole nitrogens is 1. The topological polar surface area (TPSA) is 113 Å². The van der Waals surface area contributed by atoms with Crippen molar-refractivity contribution >= 4 is 28.4 Å². The molecule has 4 rings (SSSR count). The van der Waals surface area contributed by atoms with Crippen LogP contribution in [0.15, 0.2) is 18.5 Å². The van der Waals surface area contributed by atoms with Crippen LogP contribution in [0.25, 0.3) is 11.0 Å². The number of hydrogen-bond acceptors (Lipinski definition) is 5. The lowest BCUT2D eigenvalue weighted by atomic mass is 9.76. The Hall–Kier alpha value is -2.41. The molecule has 0 radical (unpaired) electrons. The van der Waals surface area contributed by atoms with Gasteiger partial charge >= 0.3 is 0 Å². The summed E-state index contributed by atoms with van der Waals surface area (Å²) in [7, 11) is 0. The van der Waals surface area contributed by atoms with E-state index in [1.165, 1.54) is 6.20 Å². The Kier molecular flexibility index (Phi) is 4.40. The molecule has 2 unspecified atom stereocenters. The predicted octanol–water partition coefficient (Wildman–Crippen LogP) is 1.95. The summed E-state index contributed by atoms with van der Waals surface area (Å²) in [6, 6.07) is 2.82. The van der Waals surface area contributed by atoms with Crippen LogP contribution in [-0.4, -0.2) is 39.8 Å². The Morgan fingerprint density at radius 1 is 1.27 bits per heavy atom. The van der Waals surface area contributed by atoms with E-state index in [0.717, 1.165) is 42.4 Å². The molecule has 2 fully saturated rings. The third-order valence-corrected chi connectivity index (χ3v) is 5.75. The van der Waals surface area contributed by atoms with Gasteiger partial charge in [-0.25, -0.2) is 4.98 Å². The monoisotopic (exact) mass is 355 g/mol. The highest BCUT2D eigenvalue weighted by Crippen LogP contribution is 2.34. The molecule has 0 spiro atoms. The number of Topliss-reactive ketones (excluding diaryl/α,β-unsaturated/α-hetero) is 1. The van der Waals surface area contributed by atoms with Crippen LogP contribution in [0.4, 0.5) is 5.69 Å². The van der Waals surface area contributed by atoms with E-state index in [0.29, 0.717) is 29.9 Å². The summed E-state index contributed by atoms with van der Waals surface area (Å²) in [6.07, 6.45) is 7.62. The molecule has 0 aromatic carbocycles. The summed E-state index contributed by atoms with van der Waals surface area (Å²) >= 11 is 0. The second kappa shape index (κ2) is 6.72. The van der Waals surface area contributed by atoms with E-state index < -0.39 is 5.91 Å². The molecule has 2 aliphatic heterocycles. The van der Waals surface area contributed by atoms with Gasteiger partial charge in [-0.05, 0) is 31.7 Å². The van der Waals surface area contributed by atoms with Crippen molar-refractivity contribution in [3.8, 4) is 0 Å². The number of fused-ring (bicyclic) bond motifs is 3. The van der Waals surface area contributed by atoms with Crippen LogP contribution in [0, 0.1) is 5.92 Å². The molecule has 5 N–H and O–H groups in total. The average Bonchev–Trinajstić information content (AvgIpc) is 3.09. The van der Waals surface area contributed by atoms with E-state index in [-0.39, 0.29) is 12.0 Å². The second-order valence-electron chi connectivity index (χ2n) is 7.51. The molecule has 2 aromatic heterocycles. The summed E-state index contributed by atoms with van der Waals surface area (Å²) in [5, 5.41) is 8.08. The first-order chi connectivity index (χ1) is 12.5. The average molecular weight is 355 g/mol. The fraction of sp³-hybridized carbons (Fsp3) is 0.526. The third-order valence-electron chi connectivity index (χ3n) is 5.75. The van der Waals surface area contributed by atoms with Gasteiger partial charge in [0.1, 0.15) is 11.4 Å². The van der Waals surface area contributed by atoms with Gasteiger partial charge in [0.15, 0.2) is 0 Å². The molecule has 2 aromatic rings. The molecule has 4 atom stereocenters. The van der Waals surface area contributed by atoms with Gasteiger partial charge < -0.3 is 21.4 Å². The Morgan fingerprint density at radius 3 is 2.65 bits per heavy atom. The number of rotatable bonds is 5. The molecule has 4 heterocycles. The number of nitrogens with two attached hydrogens (primary N) is 1. The van der Waals surface area contributed by atoms with Crippen LogP contribution < -0.4 is 16.4 Å². The first-order valence-electron chi connectivity index (χ1n) is 9.36. The van der Waals surface area contributed by atoms with Crippen molar-refractivity contribution in [1.29, 1.82) is 0 Å². The minimum atomic E-state index is -0.481. The summed E-state index contributed by atoms with van der Waals surface area (Å²) < 4.78 is 0. The molecule has 1 amide bonds. The summed E-state index contributed by atoms with van der Waals surface area (Å²) in [5.74, 6) is 0.0913. The number of piperidine rings is 2. The summed E-state index contributed by atoms with van der Waals surface area (Å²) in [5.41, 5.74) is 7.47. The molecule has 0 saturated carbocycles.